The first kappa shape index (κ1) is 23.7. The van der Waals surface area contributed by atoms with Gasteiger partial charge in [0.2, 0.25) is 5.91 Å². The zero-order valence-electron chi connectivity index (χ0n) is 13.3. The summed E-state index contributed by atoms with van der Waals surface area (Å²) in [7, 11) is 3.78. The Bertz CT molecular complexity index is 430. The topological polar surface area (TPSA) is 44.4 Å². The third kappa shape index (κ3) is 8.20. The summed E-state index contributed by atoms with van der Waals surface area (Å²) in [5, 5.41) is 6.86. The third-order valence-corrected chi connectivity index (χ3v) is 3.19. The largest absolute Gasteiger partial charge is 0.353 e. The summed E-state index contributed by atoms with van der Waals surface area (Å²) in [6, 6.07) is 7.11. The highest BCUT2D eigenvalue weighted by atomic mass is 35.5. The van der Waals surface area contributed by atoms with Gasteiger partial charge in [-0.2, -0.15) is 0 Å². The van der Waals surface area contributed by atoms with Crippen molar-refractivity contribution in [1.29, 1.82) is 0 Å². The Kier molecular flexibility index (Phi) is 14.0. The number of halogens is 3. The van der Waals surface area contributed by atoms with E-state index >= 15 is 0 Å². The standard InChI is InChI=1S/C15H24ClN3O.2ClH/c1-4-8-17-9-10-18-15(20)14(19(2)3)12-6-5-7-13(16)11-12;;/h5-7,11,14,17H,4,8-10H2,1-3H3,(H,18,20);2*1H. The fraction of sp³-hybridized carbons (Fsp3) is 0.533. The second kappa shape index (κ2) is 13.0. The molecular formula is C15H26Cl3N3O. The molecule has 0 spiro atoms. The number of rotatable bonds is 8. The molecule has 22 heavy (non-hydrogen) atoms. The van der Waals surface area contributed by atoms with Crippen molar-refractivity contribution in [3.63, 3.8) is 0 Å². The Hall–Kier alpha value is -0.520. The quantitative estimate of drug-likeness (QED) is 0.692. The third-order valence-electron chi connectivity index (χ3n) is 2.96. The molecule has 0 bridgehead atoms. The van der Waals surface area contributed by atoms with Gasteiger partial charge in [-0.1, -0.05) is 30.7 Å². The summed E-state index contributed by atoms with van der Waals surface area (Å²) in [4.78, 5) is 14.2. The van der Waals surface area contributed by atoms with Gasteiger partial charge in [0.1, 0.15) is 6.04 Å². The fourth-order valence-corrected chi connectivity index (χ4v) is 2.23. The first-order valence-corrected chi connectivity index (χ1v) is 7.34. The Balaban J connectivity index is 0. The molecule has 1 aromatic rings. The van der Waals surface area contributed by atoms with Crippen molar-refractivity contribution in [3.8, 4) is 0 Å². The monoisotopic (exact) mass is 369 g/mol. The molecule has 0 heterocycles. The number of amides is 1. The molecule has 0 saturated heterocycles. The lowest BCUT2D eigenvalue weighted by Gasteiger charge is -2.24. The normalized spacial score (nSPS) is 11.3. The number of likely N-dealkylation sites (N-methyl/N-ethyl adjacent to an activating group) is 1. The second-order valence-corrected chi connectivity index (χ2v) is 5.40. The van der Waals surface area contributed by atoms with E-state index in [0.717, 1.165) is 25.1 Å². The molecule has 2 N–H and O–H groups in total. The summed E-state index contributed by atoms with van der Waals surface area (Å²) in [6.07, 6.45) is 1.09. The van der Waals surface area contributed by atoms with Gasteiger partial charge < -0.3 is 10.6 Å². The molecule has 0 radical (unpaired) electrons. The Morgan fingerprint density at radius 2 is 1.91 bits per heavy atom. The summed E-state index contributed by atoms with van der Waals surface area (Å²) >= 11 is 6.00. The van der Waals surface area contributed by atoms with Crippen molar-refractivity contribution in [2.24, 2.45) is 0 Å². The van der Waals surface area contributed by atoms with Crippen LogP contribution in [0.3, 0.4) is 0 Å². The van der Waals surface area contributed by atoms with Gasteiger partial charge in [0.15, 0.2) is 0 Å². The zero-order chi connectivity index (χ0) is 15.0. The molecule has 4 nitrogen and oxygen atoms in total. The van der Waals surface area contributed by atoms with E-state index in [4.69, 9.17) is 11.6 Å². The van der Waals surface area contributed by atoms with Gasteiger partial charge in [-0.05, 0) is 44.8 Å². The number of carbonyl (C=O) groups is 1. The number of hydrogen-bond acceptors (Lipinski definition) is 3. The van der Waals surface area contributed by atoms with Crippen molar-refractivity contribution < 1.29 is 4.79 Å². The maximum absolute atomic E-state index is 12.3. The van der Waals surface area contributed by atoms with Crippen LogP contribution in [0, 0.1) is 0 Å². The van der Waals surface area contributed by atoms with Crippen LogP contribution in [-0.4, -0.2) is 44.5 Å². The first-order valence-electron chi connectivity index (χ1n) is 6.96. The van der Waals surface area contributed by atoms with Crippen molar-refractivity contribution in [1.82, 2.24) is 15.5 Å². The molecule has 1 aromatic carbocycles. The molecule has 0 saturated carbocycles. The lowest BCUT2D eigenvalue weighted by atomic mass is 10.1. The number of hydrogen-bond donors (Lipinski definition) is 2. The molecule has 0 fully saturated rings. The van der Waals surface area contributed by atoms with E-state index in [2.05, 4.69) is 17.6 Å². The molecule has 1 amide bonds. The van der Waals surface area contributed by atoms with Crippen molar-refractivity contribution >= 4 is 42.3 Å². The van der Waals surface area contributed by atoms with Gasteiger partial charge in [0, 0.05) is 18.1 Å². The maximum Gasteiger partial charge on any atom is 0.241 e. The second-order valence-electron chi connectivity index (χ2n) is 4.96. The Labute approximate surface area is 150 Å². The highest BCUT2D eigenvalue weighted by Gasteiger charge is 2.22. The lowest BCUT2D eigenvalue weighted by Crippen LogP contribution is -2.40. The van der Waals surface area contributed by atoms with Crippen LogP contribution in [0.1, 0.15) is 24.9 Å². The fourth-order valence-electron chi connectivity index (χ4n) is 2.03. The van der Waals surface area contributed by atoms with Gasteiger partial charge in [-0.25, -0.2) is 0 Å². The van der Waals surface area contributed by atoms with E-state index in [9.17, 15) is 4.79 Å². The zero-order valence-corrected chi connectivity index (χ0v) is 15.7. The summed E-state index contributed by atoms with van der Waals surface area (Å²) in [5.74, 6) is -0.00411. The van der Waals surface area contributed by atoms with Gasteiger partial charge in [-0.15, -0.1) is 24.8 Å². The number of nitrogens with one attached hydrogen (secondary N) is 2. The van der Waals surface area contributed by atoms with Crippen LogP contribution >= 0.6 is 36.4 Å². The van der Waals surface area contributed by atoms with E-state index in [1.807, 2.05) is 43.3 Å². The minimum Gasteiger partial charge on any atom is -0.353 e. The molecule has 0 aromatic heterocycles. The van der Waals surface area contributed by atoms with Crippen LogP contribution in [-0.2, 0) is 4.79 Å². The Morgan fingerprint density at radius 1 is 1.23 bits per heavy atom. The van der Waals surface area contributed by atoms with Crippen molar-refractivity contribution in [2.75, 3.05) is 33.7 Å². The van der Waals surface area contributed by atoms with Crippen molar-refractivity contribution in [2.45, 2.75) is 19.4 Å². The molecule has 1 rings (SSSR count). The summed E-state index contributed by atoms with van der Waals surface area (Å²) < 4.78 is 0. The molecule has 1 unspecified atom stereocenters. The first-order chi connectivity index (χ1) is 9.56. The molecule has 7 heteroatoms. The number of carbonyl (C=O) groups excluding carboxylic acids is 1. The number of benzene rings is 1. The predicted molar refractivity (Wildman–Crippen MR) is 98.5 cm³/mol. The van der Waals surface area contributed by atoms with Gasteiger partial charge in [0.25, 0.3) is 0 Å². The summed E-state index contributed by atoms with van der Waals surface area (Å²) in [6.45, 7) is 4.51. The Morgan fingerprint density at radius 3 is 2.45 bits per heavy atom. The summed E-state index contributed by atoms with van der Waals surface area (Å²) in [5.41, 5.74) is 0.904. The minimum atomic E-state index is -0.320. The minimum absolute atomic E-state index is 0. The average Bonchev–Trinajstić information content (AvgIpc) is 2.38. The van der Waals surface area contributed by atoms with Crippen LogP contribution in [0.15, 0.2) is 24.3 Å². The van der Waals surface area contributed by atoms with Crippen LogP contribution in [0.25, 0.3) is 0 Å². The van der Waals surface area contributed by atoms with E-state index < -0.39 is 0 Å². The lowest BCUT2D eigenvalue weighted by molar-refractivity contribution is -0.125. The van der Waals surface area contributed by atoms with E-state index in [1.54, 1.807) is 0 Å². The van der Waals surface area contributed by atoms with E-state index in [-0.39, 0.29) is 36.8 Å². The van der Waals surface area contributed by atoms with Crippen LogP contribution in [0.2, 0.25) is 5.02 Å². The van der Waals surface area contributed by atoms with E-state index in [1.165, 1.54) is 0 Å². The van der Waals surface area contributed by atoms with Crippen molar-refractivity contribution in [3.05, 3.63) is 34.9 Å². The molecule has 0 aliphatic carbocycles. The molecule has 0 aliphatic heterocycles. The average molecular weight is 371 g/mol. The van der Waals surface area contributed by atoms with Gasteiger partial charge in [0.05, 0.1) is 0 Å². The number of nitrogens with zero attached hydrogens (tertiary/aromatic N) is 1. The molecule has 1 atom stereocenters. The smallest absolute Gasteiger partial charge is 0.241 e. The highest BCUT2D eigenvalue weighted by molar-refractivity contribution is 6.30. The molecular weight excluding hydrogens is 345 g/mol. The maximum atomic E-state index is 12.3. The van der Waals surface area contributed by atoms with Crippen LogP contribution in [0.4, 0.5) is 0 Å². The van der Waals surface area contributed by atoms with Crippen LogP contribution in [0.5, 0.6) is 0 Å². The molecule has 0 aliphatic rings. The SMILES string of the molecule is CCCNCCNC(=O)C(c1cccc(Cl)c1)N(C)C.Cl.Cl. The van der Waals surface area contributed by atoms with E-state index in [0.29, 0.717) is 11.6 Å². The van der Waals surface area contributed by atoms with Crippen LogP contribution < -0.4 is 10.6 Å². The van der Waals surface area contributed by atoms with Gasteiger partial charge in [-0.3, -0.25) is 9.69 Å². The molecule has 128 valence electrons. The predicted octanol–water partition coefficient (Wildman–Crippen LogP) is 2.90. The highest BCUT2D eigenvalue weighted by Crippen LogP contribution is 2.21. The van der Waals surface area contributed by atoms with Gasteiger partial charge >= 0.3 is 0 Å².